The third kappa shape index (κ3) is 2.50. The summed E-state index contributed by atoms with van der Waals surface area (Å²) in [6.45, 7) is 0.734. The van der Waals surface area contributed by atoms with Crippen molar-refractivity contribution in [3.8, 4) is 0 Å². The summed E-state index contributed by atoms with van der Waals surface area (Å²) >= 11 is 0. The molecule has 27 heavy (non-hydrogen) atoms. The number of amides is 1. The lowest BCUT2D eigenvalue weighted by atomic mass is 9.79. The molecule has 0 radical (unpaired) electrons. The normalized spacial score (nSPS) is 21.6. The lowest BCUT2D eigenvalue weighted by Crippen LogP contribution is -2.47. The number of likely N-dealkylation sites (N-methyl/N-ethyl adjacent to an activating group) is 1. The molecule has 0 unspecified atom stereocenters. The number of aromatic nitrogens is 2. The number of H-pyrrole nitrogens is 1. The van der Waals surface area contributed by atoms with Crippen molar-refractivity contribution in [3.05, 3.63) is 66.1 Å². The number of anilines is 1. The van der Waals surface area contributed by atoms with Crippen LogP contribution in [0.2, 0.25) is 0 Å². The highest BCUT2D eigenvalue weighted by Gasteiger charge is 2.36. The molecule has 2 atom stereocenters. The summed E-state index contributed by atoms with van der Waals surface area (Å²) in [6.07, 6.45) is 8.76. The average Bonchev–Trinajstić information content (AvgIpc) is 3.12. The first-order valence-corrected chi connectivity index (χ1v) is 9.32. The number of rotatable bonds is 2. The van der Waals surface area contributed by atoms with E-state index in [-0.39, 0.29) is 11.8 Å². The SMILES string of the molecule is CN(C(=O)[C@@H]1C=C2c3cccc4[nH]cc(c34)C[C@H]2N(C)C1)c1ccncc1. The van der Waals surface area contributed by atoms with E-state index in [1.807, 2.05) is 19.2 Å². The number of nitrogens with one attached hydrogen (secondary N) is 1. The molecule has 0 fully saturated rings. The van der Waals surface area contributed by atoms with Gasteiger partial charge in [-0.15, -0.1) is 0 Å². The molecule has 136 valence electrons. The minimum Gasteiger partial charge on any atom is -0.361 e. The minimum absolute atomic E-state index is 0.117. The zero-order valence-electron chi connectivity index (χ0n) is 15.5. The molecule has 5 rings (SSSR count). The van der Waals surface area contributed by atoms with E-state index in [2.05, 4.69) is 52.4 Å². The lowest BCUT2D eigenvalue weighted by Gasteiger charge is -2.40. The molecule has 3 aromatic rings. The van der Waals surface area contributed by atoms with Gasteiger partial charge in [0.2, 0.25) is 5.91 Å². The van der Waals surface area contributed by atoms with Crippen molar-refractivity contribution in [2.75, 3.05) is 25.5 Å². The van der Waals surface area contributed by atoms with E-state index in [9.17, 15) is 4.79 Å². The van der Waals surface area contributed by atoms with Crippen molar-refractivity contribution in [2.45, 2.75) is 12.5 Å². The number of aromatic amines is 1. The fraction of sp³-hybridized carbons (Fsp3) is 0.273. The molecule has 2 aromatic heterocycles. The highest BCUT2D eigenvalue weighted by molar-refractivity contribution is 6.01. The van der Waals surface area contributed by atoms with Gasteiger partial charge in [-0.25, -0.2) is 0 Å². The maximum atomic E-state index is 13.2. The third-order valence-electron chi connectivity index (χ3n) is 5.97. The molecule has 0 saturated heterocycles. The van der Waals surface area contributed by atoms with Crippen LogP contribution in [0.15, 0.2) is 55.0 Å². The third-order valence-corrected chi connectivity index (χ3v) is 5.97. The Labute approximate surface area is 158 Å². The molecule has 2 aliphatic rings. The van der Waals surface area contributed by atoms with Crippen LogP contribution in [0.25, 0.3) is 16.5 Å². The zero-order chi connectivity index (χ0) is 18.5. The van der Waals surface area contributed by atoms with E-state index in [4.69, 9.17) is 0 Å². The molecule has 1 aliphatic heterocycles. The summed E-state index contributed by atoms with van der Waals surface area (Å²) in [7, 11) is 3.97. The van der Waals surface area contributed by atoms with E-state index in [1.54, 1.807) is 17.3 Å². The van der Waals surface area contributed by atoms with Gasteiger partial charge in [0.05, 0.1) is 5.92 Å². The summed E-state index contributed by atoms with van der Waals surface area (Å²) < 4.78 is 0. The molecular weight excluding hydrogens is 336 g/mol. The lowest BCUT2D eigenvalue weighted by molar-refractivity contribution is -0.121. The van der Waals surface area contributed by atoms with E-state index in [0.29, 0.717) is 6.04 Å². The topological polar surface area (TPSA) is 52.2 Å². The Morgan fingerprint density at radius 2 is 2.07 bits per heavy atom. The second kappa shape index (κ2) is 6.06. The van der Waals surface area contributed by atoms with Gasteiger partial charge in [-0.05, 0) is 48.4 Å². The maximum Gasteiger partial charge on any atom is 0.234 e. The van der Waals surface area contributed by atoms with Crippen LogP contribution in [0.4, 0.5) is 5.69 Å². The first kappa shape index (κ1) is 16.3. The van der Waals surface area contributed by atoms with Crippen LogP contribution in [0.1, 0.15) is 11.1 Å². The number of hydrogen-bond donors (Lipinski definition) is 1. The van der Waals surface area contributed by atoms with Crippen LogP contribution in [0, 0.1) is 5.92 Å². The Kier molecular flexibility index (Phi) is 3.65. The Hall–Kier alpha value is -2.92. The summed E-state index contributed by atoms with van der Waals surface area (Å²) in [5.74, 6) is -0.0406. The molecule has 1 N–H and O–H groups in total. The van der Waals surface area contributed by atoms with Gasteiger partial charge in [0, 0.05) is 54.8 Å². The van der Waals surface area contributed by atoms with Crippen molar-refractivity contribution < 1.29 is 4.79 Å². The summed E-state index contributed by atoms with van der Waals surface area (Å²) in [5.41, 5.74) is 5.95. The first-order valence-electron chi connectivity index (χ1n) is 9.32. The largest absolute Gasteiger partial charge is 0.361 e. The molecule has 0 saturated carbocycles. The molecule has 5 nitrogen and oxygen atoms in total. The van der Waals surface area contributed by atoms with Crippen molar-refractivity contribution in [2.24, 2.45) is 5.92 Å². The predicted octanol–water partition coefficient (Wildman–Crippen LogP) is 3.10. The van der Waals surface area contributed by atoms with Gasteiger partial charge in [0.15, 0.2) is 0 Å². The van der Waals surface area contributed by atoms with Gasteiger partial charge < -0.3 is 9.88 Å². The van der Waals surface area contributed by atoms with Crippen LogP contribution in [-0.2, 0) is 11.2 Å². The molecule has 1 amide bonds. The summed E-state index contributed by atoms with van der Waals surface area (Å²) in [6, 6.07) is 10.5. The second-order valence-electron chi connectivity index (χ2n) is 7.53. The Morgan fingerprint density at radius 3 is 2.89 bits per heavy atom. The highest BCUT2D eigenvalue weighted by Crippen LogP contribution is 2.41. The molecule has 0 bridgehead atoms. The first-order chi connectivity index (χ1) is 13.1. The van der Waals surface area contributed by atoms with Crippen molar-refractivity contribution in [1.29, 1.82) is 0 Å². The fourth-order valence-electron chi connectivity index (χ4n) is 4.55. The van der Waals surface area contributed by atoms with Crippen molar-refractivity contribution in [3.63, 3.8) is 0 Å². The quantitative estimate of drug-likeness (QED) is 0.766. The number of hydrogen-bond acceptors (Lipinski definition) is 3. The summed E-state index contributed by atoms with van der Waals surface area (Å²) in [5, 5.41) is 1.31. The highest BCUT2D eigenvalue weighted by atomic mass is 16.2. The van der Waals surface area contributed by atoms with Crippen molar-refractivity contribution >= 4 is 28.1 Å². The van der Waals surface area contributed by atoms with Gasteiger partial charge in [-0.3, -0.25) is 14.7 Å². The van der Waals surface area contributed by atoms with E-state index in [0.717, 1.165) is 18.7 Å². The van der Waals surface area contributed by atoms with Gasteiger partial charge in [-0.2, -0.15) is 0 Å². The number of nitrogens with zero attached hydrogens (tertiary/aromatic N) is 3. The Morgan fingerprint density at radius 1 is 1.26 bits per heavy atom. The number of carbonyl (C=O) groups excluding carboxylic acids is 1. The van der Waals surface area contributed by atoms with Crippen LogP contribution >= 0.6 is 0 Å². The minimum atomic E-state index is -0.157. The van der Waals surface area contributed by atoms with E-state index < -0.39 is 0 Å². The average molecular weight is 358 g/mol. The number of fused-ring (bicyclic) bond motifs is 2. The number of benzene rings is 1. The number of carbonyl (C=O) groups is 1. The predicted molar refractivity (Wildman–Crippen MR) is 108 cm³/mol. The van der Waals surface area contributed by atoms with E-state index >= 15 is 0 Å². The van der Waals surface area contributed by atoms with Gasteiger partial charge in [-0.1, -0.05) is 18.2 Å². The zero-order valence-corrected chi connectivity index (χ0v) is 15.5. The van der Waals surface area contributed by atoms with Gasteiger partial charge in [0.25, 0.3) is 0 Å². The monoisotopic (exact) mass is 358 g/mol. The van der Waals surface area contributed by atoms with Crippen molar-refractivity contribution in [1.82, 2.24) is 14.9 Å². The Balaban J connectivity index is 1.56. The molecule has 1 aliphatic carbocycles. The fourth-order valence-corrected chi connectivity index (χ4v) is 4.55. The van der Waals surface area contributed by atoms with Gasteiger partial charge >= 0.3 is 0 Å². The molecule has 0 spiro atoms. The molecule has 5 heteroatoms. The maximum absolute atomic E-state index is 13.2. The van der Waals surface area contributed by atoms with Crippen LogP contribution in [0.5, 0.6) is 0 Å². The van der Waals surface area contributed by atoms with Crippen LogP contribution in [-0.4, -0.2) is 47.5 Å². The van der Waals surface area contributed by atoms with E-state index in [1.165, 1.54) is 27.6 Å². The van der Waals surface area contributed by atoms with Crippen LogP contribution in [0.3, 0.4) is 0 Å². The number of pyridine rings is 1. The molecule has 1 aromatic carbocycles. The second-order valence-corrected chi connectivity index (χ2v) is 7.53. The Bertz CT molecular complexity index is 1050. The molecular formula is C22H22N4O. The molecule has 3 heterocycles. The van der Waals surface area contributed by atoms with Gasteiger partial charge in [0.1, 0.15) is 0 Å². The standard InChI is InChI=1S/C22H22N4O/c1-25-13-15(22(27)26(2)16-6-8-23-9-7-16)10-18-17-4-3-5-19-21(17)14(12-24-19)11-20(18)25/h3-10,12,15,20,24H,11,13H2,1-2H3/t15-,20-/m1/s1. The van der Waals surface area contributed by atoms with Crippen LogP contribution < -0.4 is 4.90 Å². The smallest absolute Gasteiger partial charge is 0.234 e. The summed E-state index contributed by atoms with van der Waals surface area (Å²) in [4.78, 5) is 24.7.